The van der Waals surface area contributed by atoms with Gasteiger partial charge >= 0.3 is 5.97 Å². The Bertz CT molecular complexity index is 439. The number of imidazole rings is 1. The van der Waals surface area contributed by atoms with Gasteiger partial charge in [-0.2, -0.15) is 0 Å². The monoisotopic (exact) mass is 363 g/mol. The first-order valence-corrected chi connectivity index (χ1v) is 7.10. The van der Waals surface area contributed by atoms with Gasteiger partial charge in [-0.1, -0.05) is 0 Å². The summed E-state index contributed by atoms with van der Waals surface area (Å²) in [6.07, 6.45) is 2.43. The van der Waals surface area contributed by atoms with Crippen LogP contribution in [0.1, 0.15) is 38.9 Å². The predicted molar refractivity (Wildman–Crippen MR) is 76.0 cm³/mol. The number of halogens is 1. The molecule has 0 amide bonds. The van der Waals surface area contributed by atoms with Gasteiger partial charge in [-0.25, -0.2) is 4.98 Å². The highest BCUT2D eigenvalue weighted by Gasteiger charge is 2.35. The third-order valence-corrected chi connectivity index (χ3v) is 3.48. The number of aromatic amines is 1. The Balaban J connectivity index is 2.07. The lowest BCUT2D eigenvalue weighted by Crippen LogP contribution is -2.36. The molecule has 1 aromatic heterocycles. The molecule has 0 radical (unpaired) electrons. The molecule has 2 heterocycles. The molecule has 0 aliphatic carbocycles. The van der Waals surface area contributed by atoms with Crippen LogP contribution in [0.3, 0.4) is 0 Å². The van der Waals surface area contributed by atoms with Crippen molar-refractivity contribution >= 4 is 28.6 Å². The van der Waals surface area contributed by atoms with Gasteiger partial charge in [0.1, 0.15) is 5.82 Å². The predicted octanol–water partition coefficient (Wildman–Crippen LogP) is 2.01. The molecule has 1 aliphatic heterocycles. The first-order chi connectivity index (χ1) is 8.38. The smallest absolute Gasteiger partial charge is 0.312 e. The lowest BCUT2D eigenvalue weighted by atomic mass is 9.97. The van der Waals surface area contributed by atoms with E-state index in [1.54, 1.807) is 6.20 Å². The van der Waals surface area contributed by atoms with Gasteiger partial charge in [-0.05, 0) is 56.3 Å². The van der Waals surface area contributed by atoms with Gasteiger partial charge < -0.3 is 9.72 Å². The summed E-state index contributed by atoms with van der Waals surface area (Å²) in [7, 11) is 0. The number of nitrogens with zero attached hydrogens (tertiary/aromatic N) is 1. The summed E-state index contributed by atoms with van der Waals surface area (Å²) in [5.74, 6) is 0.809. The van der Waals surface area contributed by atoms with Crippen molar-refractivity contribution in [1.82, 2.24) is 15.3 Å². The Hall–Kier alpha value is -0.630. The normalized spacial score (nSPS) is 24.2. The SMILES string of the molecule is CC(C)(C)C(=O)OC1NCC[C@H]1c1ncc(I)[nH]1. The van der Waals surface area contributed by atoms with Crippen molar-refractivity contribution in [2.75, 3.05) is 6.54 Å². The van der Waals surface area contributed by atoms with Crippen LogP contribution < -0.4 is 5.32 Å². The summed E-state index contributed by atoms with van der Waals surface area (Å²) >= 11 is 2.19. The Kier molecular flexibility index (Phi) is 3.96. The van der Waals surface area contributed by atoms with E-state index in [-0.39, 0.29) is 18.1 Å². The third kappa shape index (κ3) is 3.03. The van der Waals surface area contributed by atoms with Gasteiger partial charge in [-0.15, -0.1) is 0 Å². The Labute approximate surface area is 120 Å². The van der Waals surface area contributed by atoms with Crippen molar-refractivity contribution in [2.24, 2.45) is 5.41 Å². The van der Waals surface area contributed by atoms with E-state index in [2.05, 4.69) is 37.9 Å². The summed E-state index contributed by atoms with van der Waals surface area (Å²) in [6, 6.07) is 0. The molecule has 6 heteroatoms. The minimum Gasteiger partial charge on any atom is -0.445 e. The Morgan fingerprint density at radius 2 is 2.28 bits per heavy atom. The van der Waals surface area contributed by atoms with E-state index < -0.39 is 5.41 Å². The highest BCUT2D eigenvalue weighted by atomic mass is 127. The van der Waals surface area contributed by atoms with E-state index in [0.717, 1.165) is 22.5 Å². The molecule has 2 N–H and O–H groups in total. The first-order valence-electron chi connectivity index (χ1n) is 6.03. The highest BCUT2D eigenvalue weighted by Crippen LogP contribution is 2.28. The lowest BCUT2D eigenvalue weighted by molar-refractivity contribution is -0.160. The molecule has 0 aromatic carbocycles. The molecule has 0 saturated carbocycles. The average molecular weight is 363 g/mol. The van der Waals surface area contributed by atoms with Crippen LogP contribution in [0, 0.1) is 9.12 Å². The molecule has 1 aliphatic rings. The molecule has 1 fully saturated rings. The molecule has 1 unspecified atom stereocenters. The molecule has 1 aromatic rings. The zero-order valence-corrected chi connectivity index (χ0v) is 12.9. The van der Waals surface area contributed by atoms with Gasteiger partial charge in [0.2, 0.25) is 0 Å². The zero-order valence-electron chi connectivity index (χ0n) is 10.8. The van der Waals surface area contributed by atoms with Crippen molar-refractivity contribution in [1.29, 1.82) is 0 Å². The lowest BCUT2D eigenvalue weighted by Gasteiger charge is -2.23. The third-order valence-electron chi connectivity index (χ3n) is 2.93. The fourth-order valence-corrected chi connectivity index (χ4v) is 2.29. The number of carbonyl (C=O) groups is 1. The van der Waals surface area contributed by atoms with Crippen molar-refractivity contribution in [2.45, 2.75) is 39.3 Å². The Morgan fingerprint density at radius 3 is 2.83 bits per heavy atom. The second-order valence-electron chi connectivity index (χ2n) is 5.54. The standard InChI is InChI=1S/C12H18IN3O2/c1-12(2,3)11(17)18-10-7(4-5-14-10)9-15-6-8(13)16-9/h6-7,10,14H,4-5H2,1-3H3,(H,15,16)/t7-,10?/m0/s1. The van der Waals surface area contributed by atoms with Crippen LogP contribution in [0.4, 0.5) is 0 Å². The Morgan fingerprint density at radius 1 is 1.56 bits per heavy atom. The number of aromatic nitrogens is 2. The van der Waals surface area contributed by atoms with Crippen molar-refractivity contribution in [3.8, 4) is 0 Å². The van der Waals surface area contributed by atoms with E-state index in [0.29, 0.717) is 0 Å². The molecule has 1 saturated heterocycles. The molecule has 100 valence electrons. The number of hydrogen-bond acceptors (Lipinski definition) is 4. The average Bonchev–Trinajstić information content (AvgIpc) is 2.85. The minimum absolute atomic E-state index is 0.111. The zero-order chi connectivity index (χ0) is 13.3. The first kappa shape index (κ1) is 13.8. The number of ether oxygens (including phenoxy) is 1. The molecule has 5 nitrogen and oxygen atoms in total. The minimum atomic E-state index is -0.480. The van der Waals surface area contributed by atoms with Crippen molar-refractivity contribution in [3.63, 3.8) is 0 Å². The molecule has 2 rings (SSSR count). The number of H-pyrrole nitrogens is 1. The number of esters is 1. The van der Waals surface area contributed by atoms with Crippen LogP contribution in [0.2, 0.25) is 0 Å². The number of rotatable bonds is 2. The molecule has 0 spiro atoms. The molecule has 0 bridgehead atoms. The van der Waals surface area contributed by atoms with E-state index in [9.17, 15) is 4.79 Å². The molecular weight excluding hydrogens is 345 g/mol. The van der Waals surface area contributed by atoms with Gasteiger partial charge in [-0.3, -0.25) is 10.1 Å². The second-order valence-corrected chi connectivity index (χ2v) is 6.70. The van der Waals surface area contributed by atoms with E-state index >= 15 is 0 Å². The number of nitrogens with one attached hydrogen (secondary N) is 2. The maximum absolute atomic E-state index is 11.9. The van der Waals surface area contributed by atoms with Gasteiger partial charge in [0.05, 0.1) is 21.2 Å². The van der Waals surface area contributed by atoms with Crippen LogP contribution in [0.25, 0.3) is 0 Å². The van der Waals surface area contributed by atoms with E-state index in [1.807, 2.05) is 20.8 Å². The summed E-state index contributed by atoms with van der Waals surface area (Å²) in [4.78, 5) is 19.4. The fourth-order valence-electron chi connectivity index (χ4n) is 1.87. The van der Waals surface area contributed by atoms with E-state index in [1.165, 1.54) is 0 Å². The summed E-state index contributed by atoms with van der Waals surface area (Å²) in [6.45, 7) is 6.41. The highest BCUT2D eigenvalue weighted by molar-refractivity contribution is 14.1. The van der Waals surface area contributed by atoms with Crippen molar-refractivity contribution in [3.05, 3.63) is 15.7 Å². The topological polar surface area (TPSA) is 67.0 Å². The largest absolute Gasteiger partial charge is 0.445 e. The maximum Gasteiger partial charge on any atom is 0.312 e. The van der Waals surface area contributed by atoms with Crippen LogP contribution >= 0.6 is 22.6 Å². The van der Waals surface area contributed by atoms with Crippen LogP contribution in [0.5, 0.6) is 0 Å². The summed E-state index contributed by atoms with van der Waals surface area (Å²) < 4.78 is 6.54. The summed E-state index contributed by atoms with van der Waals surface area (Å²) in [5.41, 5.74) is -0.480. The summed E-state index contributed by atoms with van der Waals surface area (Å²) in [5, 5.41) is 3.21. The maximum atomic E-state index is 11.9. The van der Waals surface area contributed by atoms with Gasteiger partial charge in [0.25, 0.3) is 0 Å². The van der Waals surface area contributed by atoms with Crippen LogP contribution in [-0.4, -0.2) is 28.7 Å². The molecule has 18 heavy (non-hydrogen) atoms. The quantitative estimate of drug-likeness (QED) is 0.623. The van der Waals surface area contributed by atoms with Crippen LogP contribution in [-0.2, 0) is 9.53 Å². The van der Waals surface area contributed by atoms with E-state index in [4.69, 9.17) is 4.74 Å². The van der Waals surface area contributed by atoms with Gasteiger partial charge in [0, 0.05) is 0 Å². The molecular formula is C12H18IN3O2. The fraction of sp³-hybridized carbons (Fsp3) is 0.667. The van der Waals surface area contributed by atoms with Crippen molar-refractivity contribution < 1.29 is 9.53 Å². The number of hydrogen-bond donors (Lipinski definition) is 2. The molecule has 2 atom stereocenters. The second kappa shape index (κ2) is 5.16. The van der Waals surface area contributed by atoms with Crippen LogP contribution in [0.15, 0.2) is 6.20 Å². The number of carbonyl (C=O) groups excluding carboxylic acids is 1. The van der Waals surface area contributed by atoms with Gasteiger partial charge in [0.15, 0.2) is 6.23 Å².